The summed E-state index contributed by atoms with van der Waals surface area (Å²) in [6.45, 7) is 12.1. The molecule has 3 aliphatic heterocycles. The summed E-state index contributed by atoms with van der Waals surface area (Å²) in [5.74, 6) is 2.53. The van der Waals surface area contributed by atoms with E-state index < -0.39 is 0 Å². The molecule has 3 aliphatic rings. The lowest BCUT2D eigenvalue weighted by Gasteiger charge is -2.33. The second kappa shape index (κ2) is 12.7. The van der Waals surface area contributed by atoms with E-state index in [4.69, 9.17) is 14.2 Å². The smallest absolute Gasteiger partial charge is 0.240 e. The molecule has 0 aliphatic carbocycles. The van der Waals surface area contributed by atoms with Gasteiger partial charge in [-0.3, -0.25) is 14.5 Å². The fraction of sp³-hybridized carbons (Fsp3) is 0.562. The number of carbonyl (C=O) groups excluding carboxylic acids is 2. The van der Waals surface area contributed by atoms with Gasteiger partial charge in [-0.15, -0.1) is 0 Å². The monoisotopic (exact) mass is 564 g/mol. The van der Waals surface area contributed by atoms with Crippen molar-refractivity contribution in [3.63, 3.8) is 0 Å². The highest BCUT2D eigenvalue weighted by molar-refractivity contribution is 5.83. The highest BCUT2D eigenvalue weighted by Crippen LogP contribution is 2.34. The van der Waals surface area contributed by atoms with Crippen LogP contribution in [0.3, 0.4) is 0 Å². The maximum absolute atomic E-state index is 13.9. The number of amides is 2. The number of nitrogens with zero attached hydrogens (tertiary/aromatic N) is 3. The molecule has 41 heavy (non-hydrogen) atoms. The van der Waals surface area contributed by atoms with Gasteiger partial charge in [-0.2, -0.15) is 0 Å². The Labute approximate surface area is 243 Å². The van der Waals surface area contributed by atoms with E-state index in [2.05, 4.69) is 31.0 Å². The predicted octanol–water partition coefficient (Wildman–Crippen LogP) is 3.31. The first-order chi connectivity index (χ1) is 19.7. The van der Waals surface area contributed by atoms with Gasteiger partial charge in [0.05, 0.1) is 13.2 Å². The Morgan fingerprint density at radius 2 is 1.78 bits per heavy atom. The van der Waals surface area contributed by atoms with E-state index in [1.165, 1.54) is 0 Å². The molecule has 0 radical (unpaired) electrons. The molecule has 1 N–H and O–H groups in total. The van der Waals surface area contributed by atoms with Crippen molar-refractivity contribution in [3.05, 3.63) is 53.6 Å². The minimum atomic E-state index is -0.304. The van der Waals surface area contributed by atoms with Crippen LogP contribution in [0.1, 0.15) is 44.7 Å². The van der Waals surface area contributed by atoms with E-state index >= 15 is 0 Å². The van der Waals surface area contributed by atoms with Crippen LogP contribution >= 0.6 is 0 Å². The van der Waals surface area contributed by atoms with E-state index in [1.54, 1.807) is 7.11 Å². The van der Waals surface area contributed by atoms with Crippen LogP contribution < -0.4 is 19.5 Å². The van der Waals surface area contributed by atoms with Crippen molar-refractivity contribution in [2.24, 2.45) is 5.41 Å². The zero-order chi connectivity index (χ0) is 29.0. The summed E-state index contributed by atoms with van der Waals surface area (Å²) in [6, 6.07) is 13.5. The zero-order valence-electron chi connectivity index (χ0n) is 24.9. The Hall–Kier alpha value is -3.30. The zero-order valence-corrected chi connectivity index (χ0v) is 24.9. The largest absolute Gasteiger partial charge is 0.497 e. The number of benzene rings is 2. The number of nitrogens with one attached hydrogen (secondary N) is 1. The number of hydrogen-bond donors (Lipinski definition) is 1. The van der Waals surface area contributed by atoms with Crippen LogP contribution in [-0.4, -0.2) is 91.6 Å². The summed E-state index contributed by atoms with van der Waals surface area (Å²) in [7, 11) is 1.65. The summed E-state index contributed by atoms with van der Waals surface area (Å²) in [5.41, 5.74) is 1.93. The Morgan fingerprint density at radius 3 is 2.51 bits per heavy atom. The maximum Gasteiger partial charge on any atom is 0.240 e. The van der Waals surface area contributed by atoms with E-state index in [0.717, 1.165) is 41.5 Å². The quantitative estimate of drug-likeness (QED) is 0.527. The third kappa shape index (κ3) is 7.32. The van der Waals surface area contributed by atoms with Crippen molar-refractivity contribution in [1.82, 2.24) is 20.0 Å². The van der Waals surface area contributed by atoms with Gasteiger partial charge in [-0.05, 0) is 47.2 Å². The molecule has 2 unspecified atom stereocenters. The molecule has 0 spiro atoms. The molecule has 2 aromatic rings. The van der Waals surface area contributed by atoms with Gasteiger partial charge >= 0.3 is 0 Å². The molecule has 9 nitrogen and oxygen atoms in total. The van der Waals surface area contributed by atoms with Crippen LogP contribution in [0.5, 0.6) is 17.2 Å². The van der Waals surface area contributed by atoms with Crippen LogP contribution in [0, 0.1) is 5.41 Å². The number of hydrogen-bond acceptors (Lipinski definition) is 7. The minimum absolute atomic E-state index is 0.0925. The topological polar surface area (TPSA) is 83.6 Å². The molecular weight excluding hydrogens is 520 g/mol. The van der Waals surface area contributed by atoms with Gasteiger partial charge in [-0.1, -0.05) is 39.0 Å². The third-order valence-electron chi connectivity index (χ3n) is 8.02. The molecule has 2 atom stereocenters. The third-order valence-corrected chi connectivity index (χ3v) is 8.02. The fourth-order valence-corrected chi connectivity index (χ4v) is 6.00. The van der Waals surface area contributed by atoms with E-state index in [-0.39, 0.29) is 29.3 Å². The van der Waals surface area contributed by atoms with Gasteiger partial charge in [0.15, 0.2) is 11.5 Å². The number of carbonyl (C=O) groups is 2. The summed E-state index contributed by atoms with van der Waals surface area (Å²) >= 11 is 0. The number of piperazine rings is 1. The molecule has 5 rings (SSSR count). The summed E-state index contributed by atoms with van der Waals surface area (Å²) in [5, 5.41) is 3.34. The van der Waals surface area contributed by atoms with Crippen LogP contribution in [0.2, 0.25) is 0 Å². The minimum Gasteiger partial charge on any atom is -0.497 e. The highest BCUT2D eigenvalue weighted by atomic mass is 16.6. The van der Waals surface area contributed by atoms with Gasteiger partial charge in [0.25, 0.3) is 0 Å². The number of likely N-dealkylation sites (tertiary alicyclic amines) is 1. The summed E-state index contributed by atoms with van der Waals surface area (Å²) in [4.78, 5) is 34.0. The second-order valence-corrected chi connectivity index (χ2v) is 12.5. The van der Waals surface area contributed by atoms with Crippen LogP contribution in [0.4, 0.5) is 0 Å². The van der Waals surface area contributed by atoms with Gasteiger partial charge in [0.1, 0.15) is 19.0 Å². The number of fused-ring (bicyclic) bond motifs is 1. The highest BCUT2D eigenvalue weighted by Gasteiger charge is 2.42. The molecule has 0 aromatic heterocycles. The van der Waals surface area contributed by atoms with Crippen molar-refractivity contribution in [2.75, 3.05) is 53.0 Å². The summed E-state index contributed by atoms with van der Waals surface area (Å²) < 4.78 is 17.0. The Kier molecular flexibility index (Phi) is 9.04. The molecule has 2 aromatic carbocycles. The Morgan fingerprint density at radius 1 is 1.02 bits per heavy atom. The first-order valence-electron chi connectivity index (χ1n) is 14.7. The van der Waals surface area contributed by atoms with E-state index in [1.807, 2.05) is 52.3 Å². The number of ether oxygens (including phenoxy) is 3. The van der Waals surface area contributed by atoms with Crippen LogP contribution in [0.25, 0.3) is 0 Å². The first-order valence-corrected chi connectivity index (χ1v) is 14.7. The van der Waals surface area contributed by atoms with Crippen molar-refractivity contribution in [3.8, 4) is 17.2 Å². The Balaban J connectivity index is 1.42. The predicted molar refractivity (Wildman–Crippen MR) is 157 cm³/mol. The average molecular weight is 565 g/mol. The van der Waals surface area contributed by atoms with Crippen molar-refractivity contribution in [2.45, 2.75) is 58.8 Å². The molecular formula is C32H44N4O5. The number of methoxy groups -OCH3 is 1. The normalized spacial score (nSPS) is 21.0. The summed E-state index contributed by atoms with van der Waals surface area (Å²) in [6.07, 6.45) is 1.04. The molecule has 2 amide bonds. The van der Waals surface area contributed by atoms with E-state index in [0.29, 0.717) is 58.8 Å². The lowest BCUT2D eigenvalue weighted by atomic mass is 9.91. The molecule has 3 heterocycles. The maximum atomic E-state index is 13.9. The first kappa shape index (κ1) is 29.2. The van der Waals surface area contributed by atoms with Crippen LogP contribution in [0.15, 0.2) is 42.5 Å². The lowest BCUT2D eigenvalue weighted by molar-refractivity contribution is -0.138. The lowest BCUT2D eigenvalue weighted by Crippen LogP contribution is -2.52. The van der Waals surface area contributed by atoms with Crippen LogP contribution in [-0.2, 0) is 22.7 Å². The standard InChI is InChI=1S/C32H44N4O5/c1-32(2,3)19-30(37)36(21-23-6-5-7-26(16-23)39-4)25-18-27(31(38)34-12-10-33-11-13-34)35(22-25)20-24-8-9-28-29(17-24)41-15-14-40-28/h5-9,16-17,25,27,33H,10-15,18-22H2,1-4H3. The average Bonchev–Trinajstić information content (AvgIpc) is 3.38. The fourth-order valence-electron chi connectivity index (χ4n) is 6.00. The van der Waals surface area contributed by atoms with E-state index in [9.17, 15) is 9.59 Å². The molecule has 2 fully saturated rings. The van der Waals surface area contributed by atoms with Crippen molar-refractivity contribution < 1.29 is 23.8 Å². The van der Waals surface area contributed by atoms with Gasteiger partial charge < -0.3 is 29.3 Å². The van der Waals surface area contributed by atoms with Gasteiger partial charge in [0.2, 0.25) is 11.8 Å². The molecule has 2 saturated heterocycles. The molecule has 222 valence electrons. The van der Waals surface area contributed by atoms with Gasteiger partial charge in [-0.25, -0.2) is 0 Å². The SMILES string of the molecule is COc1cccc(CN(C(=O)CC(C)(C)C)C2CC(C(=O)N3CCNCC3)N(Cc3ccc4c(c3)OCCO4)C2)c1. The van der Waals surface area contributed by atoms with Gasteiger partial charge in [0, 0.05) is 58.3 Å². The molecule has 0 bridgehead atoms. The molecule has 9 heteroatoms. The van der Waals surface area contributed by atoms with Crippen molar-refractivity contribution in [1.29, 1.82) is 0 Å². The van der Waals surface area contributed by atoms with Crippen molar-refractivity contribution >= 4 is 11.8 Å². The molecule has 0 saturated carbocycles. The Bertz CT molecular complexity index is 1220. The second-order valence-electron chi connectivity index (χ2n) is 12.5. The number of rotatable bonds is 8.